The number of hydrogen-bond donors (Lipinski definition) is 1. The van der Waals surface area contributed by atoms with E-state index < -0.39 is 0 Å². The van der Waals surface area contributed by atoms with Crippen LogP contribution in [0.1, 0.15) is 96.8 Å². The number of benzene rings is 1. The molecule has 4 heteroatoms. The lowest BCUT2D eigenvalue weighted by Gasteiger charge is -2.55. The van der Waals surface area contributed by atoms with E-state index in [2.05, 4.69) is 46.0 Å². The molecule has 4 nitrogen and oxygen atoms in total. The molecule has 154 valence electrons. The quantitative estimate of drug-likeness (QED) is 0.534. The Labute approximate surface area is 169 Å². The highest BCUT2D eigenvalue weighted by Gasteiger charge is 2.50. The van der Waals surface area contributed by atoms with Crippen molar-refractivity contribution in [2.75, 3.05) is 5.32 Å². The van der Waals surface area contributed by atoms with E-state index in [0.29, 0.717) is 22.8 Å². The molecule has 1 aromatic carbocycles. The largest absolute Gasteiger partial charge is 0.424 e. The molecule has 0 aliphatic heterocycles. The highest BCUT2D eigenvalue weighted by atomic mass is 16.5. The molecule has 0 heterocycles. The maximum absolute atomic E-state index is 11.9. The SMILES string of the molecule is CC(=O)Nc1cc2c(c(C(C)C)c1OC(C)=O)CC[C@H]1C(C)(C)CCC[C@]21C. The molecule has 1 N–H and O–H groups in total. The number of anilines is 1. The van der Waals surface area contributed by atoms with Crippen molar-refractivity contribution in [2.24, 2.45) is 11.3 Å². The Kier molecular flexibility index (Phi) is 5.37. The fourth-order valence-electron chi connectivity index (χ4n) is 6.09. The van der Waals surface area contributed by atoms with Crippen LogP contribution < -0.4 is 10.1 Å². The van der Waals surface area contributed by atoms with Crippen molar-refractivity contribution in [3.63, 3.8) is 0 Å². The third kappa shape index (κ3) is 3.46. The molecule has 1 fully saturated rings. The molecule has 2 aliphatic carbocycles. The number of esters is 1. The summed E-state index contributed by atoms with van der Waals surface area (Å²) in [6, 6.07) is 2.11. The van der Waals surface area contributed by atoms with Crippen LogP contribution in [-0.2, 0) is 21.4 Å². The first-order valence-electron chi connectivity index (χ1n) is 10.6. The van der Waals surface area contributed by atoms with Crippen molar-refractivity contribution in [3.05, 3.63) is 22.8 Å². The number of nitrogens with one attached hydrogen (secondary N) is 1. The van der Waals surface area contributed by atoms with Crippen molar-refractivity contribution in [2.45, 2.75) is 91.9 Å². The molecule has 2 aliphatic rings. The summed E-state index contributed by atoms with van der Waals surface area (Å²) in [6.45, 7) is 14.4. The van der Waals surface area contributed by atoms with E-state index >= 15 is 0 Å². The number of hydrogen-bond acceptors (Lipinski definition) is 3. The first kappa shape index (κ1) is 20.9. The van der Waals surface area contributed by atoms with Crippen molar-refractivity contribution in [1.29, 1.82) is 0 Å². The van der Waals surface area contributed by atoms with Gasteiger partial charge in [-0.1, -0.05) is 41.0 Å². The van der Waals surface area contributed by atoms with Crippen LogP contribution in [0.4, 0.5) is 5.69 Å². The van der Waals surface area contributed by atoms with Crippen molar-refractivity contribution in [3.8, 4) is 5.75 Å². The van der Waals surface area contributed by atoms with Crippen LogP contribution in [0, 0.1) is 11.3 Å². The fourth-order valence-corrected chi connectivity index (χ4v) is 6.09. The highest BCUT2D eigenvalue weighted by molar-refractivity contribution is 5.92. The molecule has 0 radical (unpaired) electrons. The first-order chi connectivity index (χ1) is 13.0. The molecule has 1 aromatic rings. The van der Waals surface area contributed by atoms with Crippen molar-refractivity contribution < 1.29 is 14.3 Å². The Balaban J connectivity index is 2.28. The fraction of sp³-hybridized carbons (Fsp3) is 0.667. The van der Waals surface area contributed by atoms with Crippen LogP contribution in [-0.4, -0.2) is 11.9 Å². The third-order valence-corrected chi connectivity index (χ3v) is 7.09. The van der Waals surface area contributed by atoms with Crippen molar-refractivity contribution >= 4 is 17.6 Å². The van der Waals surface area contributed by atoms with Gasteiger partial charge >= 0.3 is 5.97 Å². The summed E-state index contributed by atoms with van der Waals surface area (Å²) < 4.78 is 5.66. The van der Waals surface area contributed by atoms with Gasteiger partial charge in [0.05, 0.1) is 5.69 Å². The van der Waals surface area contributed by atoms with Gasteiger partial charge in [0.25, 0.3) is 0 Å². The second-order valence-electron chi connectivity index (χ2n) is 9.97. The highest BCUT2D eigenvalue weighted by Crippen LogP contribution is 2.59. The third-order valence-electron chi connectivity index (χ3n) is 7.09. The molecule has 0 bridgehead atoms. The average Bonchev–Trinajstić information content (AvgIpc) is 2.53. The van der Waals surface area contributed by atoms with Crippen LogP contribution in [0.3, 0.4) is 0 Å². The standard InChI is InChI=1S/C24H35NO3/c1-14(2)21-17-9-10-20-23(5,6)11-8-12-24(20,7)18(17)13-19(25-15(3)26)22(21)28-16(4)27/h13-14,20H,8-12H2,1-7H3,(H,25,26)/t20-,24+/m0/s1. The number of carbonyl (C=O) groups excluding carboxylic acids is 2. The topological polar surface area (TPSA) is 55.4 Å². The van der Waals surface area contributed by atoms with Crippen molar-refractivity contribution in [1.82, 2.24) is 0 Å². The minimum Gasteiger partial charge on any atom is -0.424 e. The number of fused-ring (bicyclic) bond motifs is 3. The zero-order valence-electron chi connectivity index (χ0n) is 18.5. The van der Waals surface area contributed by atoms with Crippen LogP contribution in [0.15, 0.2) is 6.07 Å². The van der Waals surface area contributed by atoms with E-state index in [1.54, 1.807) is 0 Å². The monoisotopic (exact) mass is 385 g/mol. The lowest BCUT2D eigenvalue weighted by molar-refractivity contribution is -0.132. The Hall–Kier alpha value is -1.84. The van der Waals surface area contributed by atoms with Gasteiger partial charge in [0.2, 0.25) is 5.91 Å². The molecule has 3 rings (SSSR count). The van der Waals surface area contributed by atoms with Gasteiger partial charge in [0.1, 0.15) is 0 Å². The minimum absolute atomic E-state index is 0.0843. The van der Waals surface area contributed by atoms with Crippen LogP contribution >= 0.6 is 0 Å². The molecule has 0 aromatic heterocycles. The summed E-state index contributed by atoms with van der Waals surface area (Å²) >= 11 is 0. The maximum Gasteiger partial charge on any atom is 0.308 e. The summed E-state index contributed by atoms with van der Waals surface area (Å²) in [6.07, 6.45) is 5.82. The molecule has 0 spiro atoms. The molecule has 0 saturated heterocycles. The molecular weight excluding hydrogens is 350 g/mol. The van der Waals surface area contributed by atoms with E-state index in [0.717, 1.165) is 24.8 Å². The van der Waals surface area contributed by atoms with E-state index in [-0.39, 0.29) is 23.2 Å². The Bertz CT molecular complexity index is 809. The second-order valence-corrected chi connectivity index (χ2v) is 9.97. The summed E-state index contributed by atoms with van der Waals surface area (Å²) in [5, 5.41) is 2.94. The summed E-state index contributed by atoms with van der Waals surface area (Å²) in [7, 11) is 0. The summed E-state index contributed by atoms with van der Waals surface area (Å²) in [4.78, 5) is 23.7. The lowest BCUT2D eigenvalue weighted by atomic mass is 9.50. The van der Waals surface area contributed by atoms with Gasteiger partial charge < -0.3 is 10.1 Å². The van der Waals surface area contributed by atoms with Crippen LogP contribution in [0.5, 0.6) is 5.75 Å². The van der Waals surface area contributed by atoms with Gasteiger partial charge in [-0.25, -0.2) is 0 Å². The Morgan fingerprint density at radius 1 is 1.18 bits per heavy atom. The number of amides is 1. The van der Waals surface area contributed by atoms with Gasteiger partial charge in [-0.3, -0.25) is 9.59 Å². The molecule has 0 unspecified atom stereocenters. The van der Waals surface area contributed by atoms with Gasteiger partial charge in [-0.2, -0.15) is 0 Å². The molecular formula is C24H35NO3. The Morgan fingerprint density at radius 3 is 2.43 bits per heavy atom. The molecule has 2 atom stereocenters. The lowest BCUT2D eigenvalue weighted by Crippen LogP contribution is -2.48. The first-order valence-corrected chi connectivity index (χ1v) is 10.6. The van der Waals surface area contributed by atoms with E-state index in [1.165, 1.54) is 37.8 Å². The number of ether oxygens (including phenoxy) is 1. The second kappa shape index (κ2) is 7.20. The van der Waals surface area contributed by atoms with Gasteiger partial charge in [-0.15, -0.1) is 0 Å². The predicted molar refractivity (Wildman–Crippen MR) is 113 cm³/mol. The Morgan fingerprint density at radius 2 is 1.86 bits per heavy atom. The van der Waals surface area contributed by atoms with Gasteiger partial charge in [0, 0.05) is 19.4 Å². The van der Waals surface area contributed by atoms with Gasteiger partial charge in [-0.05, 0) is 65.5 Å². The van der Waals surface area contributed by atoms with Crippen LogP contribution in [0.25, 0.3) is 0 Å². The number of carbonyl (C=O) groups is 2. The maximum atomic E-state index is 11.9. The normalized spacial score (nSPS) is 25.6. The summed E-state index contributed by atoms with van der Waals surface area (Å²) in [5.41, 5.74) is 4.79. The zero-order chi connectivity index (χ0) is 20.9. The summed E-state index contributed by atoms with van der Waals surface area (Å²) in [5.74, 6) is 0.852. The van der Waals surface area contributed by atoms with E-state index in [1.807, 2.05) is 0 Å². The molecule has 28 heavy (non-hydrogen) atoms. The van der Waals surface area contributed by atoms with E-state index in [4.69, 9.17) is 4.74 Å². The van der Waals surface area contributed by atoms with Gasteiger partial charge in [0.15, 0.2) is 5.75 Å². The zero-order valence-corrected chi connectivity index (χ0v) is 18.5. The van der Waals surface area contributed by atoms with E-state index in [9.17, 15) is 9.59 Å². The number of rotatable bonds is 3. The average molecular weight is 386 g/mol. The van der Waals surface area contributed by atoms with Crippen LogP contribution in [0.2, 0.25) is 0 Å². The minimum atomic E-state index is -0.354. The smallest absolute Gasteiger partial charge is 0.308 e. The molecule has 1 saturated carbocycles. The molecule has 1 amide bonds. The predicted octanol–water partition coefficient (Wildman–Crippen LogP) is 5.72.